The molecule has 0 saturated heterocycles. The number of ketones is 2. The van der Waals surface area contributed by atoms with Gasteiger partial charge in [-0.25, -0.2) is 0 Å². The van der Waals surface area contributed by atoms with Gasteiger partial charge in [0.1, 0.15) is 0 Å². The minimum absolute atomic E-state index is 0.0864. The average Bonchev–Trinajstić information content (AvgIpc) is 2.52. The van der Waals surface area contributed by atoms with Crippen molar-refractivity contribution in [3.8, 4) is 0 Å². The Balaban J connectivity index is 3.89. The van der Waals surface area contributed by atoms with E-state index in [9.17, 15) is 9.59 Å². The van der Waals surface area contributed by atoms with Crippen LogP contribution in [-0.4, -0.2) is 11.6 Å². The Morgan fingerprint density at radius 1 is 0.591 bits per heavy atom. The molecule has 0 aromatic rings. The van der Waals surface area contributed by atoms with E-state index in [1.54, 1.807) is 0 Å². The summed E-state index contributed by atoms with van der Waals surface area (Å²) in [5.41, 5.74) is 0. The van der Waals surface area contributed by atoms with Crippen molar-refractivity contribution in [2.45, 2.75) is 105 Å². The highest BCUT2D eigenvalue weighted by Gasteiger charge is 2.25. The number of hydrogen-bond donors (Lipinski definition) is 0. The lowest BCUT2D eigenvalue weighted by Gasteiger charge is -2.13. The van der Waals surface area contributed by atoms with E-state index in [1.165, 1.54) is 51.4 Å². The van der Waals surface area contributed by atoms with Crippen LogP contribution in [0.4, 0.5) is 0 Å². The topological polar surface area (TPSA) is 34.1 Å². The zero-order valence-electron chi connectivity index (χ0n) is 15.5. The summed E-state index contributed by atoms with van der Waals surface area (Å²) in [6, 6.07) is 0. The molecular weight excluding hydrogens is 272 g/mol. The van der Waals surface area contributed by atoms with Crippen molar-refractivity contribution in [1.29, 1.82) is 0 Å². The fraction of sp³-hybridized carbons (Fsp3) is 0.900. The Bertz CT molecular complexity index is 266. The lowest BCUT2D eigenvalue weighted by atomic mass is 9.89. The third-order valence-corrected chi connectivity index (χ3v) is 4.62. The standard InChI is InChI=1S/C20H38O2/c1-5-7-9-11-13-15-17(3)19(21)20(22)18(4)16-14-12-10-8-6-2/h17-18H,5-16H2,1-4H3. The van der Waals surface area contributed by atoms with Crippen LogP contribution in [0, 0.1) is 11.8 Å². The fourth-order valence-corrected chi connectivity index (χ4v) is 2.86. The van der Waals surface area contributed by atoms with Crippen LogP contribution >= 0.6 is 0 Å². The summed E-state index contributed by atoms with van der Waals surface area (Å²) in [6.45, 7) is 8.25. The Kier molecular flexibility index (Phi) is 13.5. The summed E-state index contributed by atoms with van der Waals surface area (Å²) in [6.07, 6.45) is 13.8. The summed E-state index contributed by atoms with van der Waals surface area (Å²) in [4.78, 5) is 24.4. The zero-order valence-corrected chi connectivity index (χ0v) is 15.5. The van der Waals surface area contributed by atoms with Crippen LogP contribution in [0.15, 0.2) is 0 Å². The number of hydrogen-bond acceptors (Lipinski definition) is 2. The van der Waals surface area contributed by atoms with E-state index in [2.05, 4.69) is 13.8 Å². The zero-order chi connectivity index (χ0) is 16.8. The second-order valence-corrected chi connectivity index (χ2v) is 6.94. The van der Waals surface area contributed by atoms with E-state index >= 15 is 0 Å². The van der Waals surface area contributed by atoms with Gasteiger partial charge in [-0.05, 0) is 12.8 Å². The van der Waals surface area contributed by atoms with E-state index in [0.29, 0.717) is 0 Å². The molecule has 2 heteroatoms. The molecule has 0 rings (SSSR count). The van der Waals surface area contributed by atoms with E-state index in [1.807, 2.05) is 13.8 Å². The van der Waals surface area contributed by atoms with Crippen molar-refractivity contribution < 1.29 is 9.59 Å². The molecule has 0 spiro atoms. The predicted octanol–water partition coefficient (Wildman–Crippen LogP) is 6.12. The van der Waals surface area contributed by atoms with Crippen molar-refractivity contribution >= 4 is 11.6 Å². The minimum Gasteiger partial charge on any atom is -0.291 e. The molecule has 2 atom stereocenters. The van der Waals surface area contributed by atoms with Crippen LogP contribution in [0.2, 0.25) is 0 Å². The molecule has 0 aliphatic heterocycles. The number of Topliss-reactive ketones (excluding diaryl/α,β-unsaturated/α-hetero) is 2. The van der Waals surface area contributed by atoms with E-state index in [0.717, 1.165) is 25.7 Å². The van der Waals surface area contributed by atoms with Gasteiger partial charge in [0.15, 0.2) is 0 Å². The van der Waals surface area contributed by atoms with Crippen LogP contribution in [-0.2, 0) is 9.59 Å². The first-order valence-corrected chi connectivity index (χ1v) is 9.62. The highest BCUT2D eigenvalue weighted by molar-refractivity contribution is 6.38. The first kappa shape index (κ1) is 21.3. The average molecular weight is 311 g/mol. The molecule has 0 heterocycles. The van der Waals surface area contributed by atoms with Gasteiger partial charge in [-0.2, -0.15) is 0 Å². The summed E-state index contributed by atoms with van der Waals surface area (Å²) in [5, 5.41) is 0. The molecule has 0 aliphatic carbocycles. The summed E-state index contributed by atoms with van der Waals surface area (Å²) < 4.78 is 0. The molecule has 0 radical (unpaired) electrons. The quantitative estimate of drug-likeness (QED) is 0.270. The Morgan fingerprint density at radius 3 is 1.23 bits per heavy atom. The first-order valence-electron chi connectivity index (χ1n) is 9.62. The van der Waals surface area contributed by atoms with E-state index < -0.39 is 0 Å². The van der Waals surface area contributed by atoms with Gasteiger partial charge >= 0.3 is 0 Å². The highest BCUT2D eigenvalue weighted by Crippen LogP contribution is 2.17. The van der Waals surface area contributed by atoms with Crippen LogP contribution in [0.25, 0.3) is 0 Å². The smallest absolute Gasteiger partial charge is 0.201 e. The Morgan fingerprint density at radius 2 is 0.909 bits per heavy atom. The lowest BCUT2D eigenvalue weighted by molar-refractivity contribution is -0.141. The van der Waals surface area contributed by atoms with Gasteiger partial charge in [-0.1, -0.05) is 91.9 Å². The summed E-state index contributed by atoms with van der Waals surface area (Å²) >= 11 is 0. The molecule has 0 aliphatic rings. The SMILES string of the molecule is CCCCCCCC(C)C(=O)C(=O)C(C)CCCCCCC. The Hall–Kier alpha value is -0.660. The monoisotopic (exact) mass is 310 g/mol. The maximum absolute atomic E-state index is 12.2. The molecule has 2 unspecified atom stereocenters. The molecule has 130 valence electrons. The number of unbranched alkanes of at least 4 members (excludes halogenated alkanes) is 8. The van der Waals surface area contributed by atoms with E-state index in [4.69, 9.17) is 0 Å². The van der Waals surface area contributed by atoms with Crippen molar-refractivity contribution in [3.05, 3.63) is 0 Å². The fourth-order valence-electron chi connectivity index (χ4n) is 2.86. The van der Waals surface area contributed by atoms with Gasteiger partial charge in [-0.3, -0.25) is 9.59 Å². The molecule has 0 saturated carbocycles. The number of rotatable bonds is 15. The largest absolute Gasteiger partial charge is 0.291 e. The van der Waals surface area contributed by atoms with Gasteiger partial charge in [0.2, 0.25) is 11.6 Å². The second-order valence-electron chi connectivity index (χ2n) is 6.94. The number of carbonyl (C=O) groups excluding carboxylic acids is 2. The van der Waals surface area contributed by atoms with Crippen LogP contribution < -0.4 is 0 Å². The number of carbonyl (C=O) groups is 2. The molecule has 0 N–H and O–H groups in total. The van der Waals surface area contributed by atoms with Crippen LogP contribution in [0.3, 0.4) is 0 Å². The maximum atomic E-state index is 12.2. The highest BCUT2D eigenvalue weighted by atomic mass is 16.2. The lowest BCUT2D eigenvalue weighted by Crippen LogP contribution is -2.27. The van der Waals surface area contributed by atoms with Crippen molar-refractivity contribution in [3.63, 3.8) is 0 Å². The van der Waals surface area contributed by atoms with Gasteiger partial charge in [0.05, 0.1) is 0 Å². The molecule has 0 fully saturated rings. The third-order valence-electron chi connectivity index (χ3n) is 4.62. The van der Waals surface area contributed by atoms with Gasteiger partial charge in [0.25, 0.3) is 0 Å². The molecule has 0 amide bonds. The Labute approximate surface area is 138 Å². The van der Waals surface area contributed by atoms with Gasteiger partial charge in [-0.15, -0.1) is 0 Å². The molecular formula is C20H38O2. The molecule has 22 heavy (non-hydrogen) atoms. The van der Waals surface area contributed by atoms with Crippen LogP contribution in [0.5, 0.6) is 0 Å². The van der Waals surface area contributed by atoms with Crippen molar-refractivity contribution in [1.82, 2.24) is 0 Å². The van der Waals surface area contributed by atoms with Gasteiger partial charge in [0, 0.05) is 11.8 Å². The molecule has 0 bridgehead atoms. The molecule has 0 aromatic carbocycles. The summed E-state index contributed by atoms with van der Waals surface area (Å²) in [5.74, 6) is -0.429. The van der Waals surface area contributed by atoms with Crippen molar-refractivity contribution in [2.75, 3.05) is 0 Å². The predicted molar refractivity (Wildman–Crippen MR) is 95.1 cm³/mol. The third kappa shape index (κ3) is 10.1. The van der Waals surface area contributed by atoms with Gasteiger partial charge < -0.3 is 0 Å². The maximum Gasteiger partial charge on any atom is 0.201 e. The summed E-state index contributed by atoms with van der Waals surface area (Å²) in [7, 11) is 0. The van der Waals surface area contributed by atoms with Crippen molar-refractivity contribution in [2.24, 2.45) is 11.8 Å². The molecule has 2 nitrogen and oxygen atoms in total. The first-order chi connectivity index (χ1) is 10.5. The normalized spacial score (nSPS) is 13.8. The van der Waals surface area contributed by atoms with E-state index in [-0.39, 0.29) is 23.4 Å². The molecule has 0 aromatic heterocycles. The van der Waals surface area contributed by atoms with Crippen LogP contribution in [0.1, 0.15) is 105 Å². The minimum atomic E-state index is -0.128. The second kappa shape index (κ2) is 14.0.